The summed E-state index contributed by atoms with van der Waals surface area (Å²) in [6.45, 7) is 0.334. The van der Waals surface area contributed by atoms with Crippen LogP contribution in [0.1, 0.15) is 16.1 Å². The Hall–Kier alpha value is -3.28. The Kier molecular flexibility index (Phi) is 4.99. The molecule has 6 heteroatoms. The fourth-order valence-corrected chi connectivity index (χ4v) is 2.46. The second kappa shape index (κ2) is 7.53. The molecule has 0 aliphatic carbocycles. The number of methoxy groups -OCH3 is 2. The molecule has 0 bridgehead atoms. The number of aromatic nitrogens is 1. The lowest BCUT2D eigenvalue weighted by atomic mass is 10.1. The summed E-state index contributed by atoms with van der Waals surface area (Å²) in [4.78, 5) is 16.5. The van der Waals surface area contributed by atoms with Gasteiger partial charge in [0.25, 0.3) is 5.91 Å². The van der Waals surface area contributed by atoms with Crippen molar-refractivity contribution in [3.05, 3.63) is 66.2 Å². The first-order valence-corrected chi connectivity index (χ1v) is 7.71. The Morgan fingerprint density at radius 3 is 2.56 bits per heavy atom. The van der Waals surface area contributed by atoms with Gasteiger partial charge in [-0.15, -0.1) is 0 Å². The number of carbonyl (C=O) groups is 1. The third-order valence-corrected chi connectivity index (χ3v) is 3.72. The fraction of sp³-hybridized carbons (Fsp3) is 0.158. The number of oxazole rings is 1. The van der Waals surface area contributed by atoms with Crippen LogP contribution in [0.15, 0.2) is 59.3 Å². The minimum atomic E-state index is -0.303. The van der Waals surface area contributed by atoms with Crippen LogP contribution >= 0.6 is 0 Å². The summed E-state index contributed by atoms with van der Waals surface area (Å²) in [5, 5.41) is 2.84. The van der Waals surface area contributed by atoms with Crippen molar-refractivity contribution < 1.29 is 18.7 Å². The Morgan fingerprint density at radius 1 is 1.08 bits per heavy atom. The zero-order chi connectivity index (χ0) is 17.6. The first-order valence-electron chi connectivity index (χ1n) is 7.71. The van der Waals surface area contributed by atoms with Gasteiger partial charge in [0.15, 0.2) is 29.3 Å². The van der Waals surface area contributed by atoms with E-state index in [0.717, 1.165) is 11.1 Å². The van der Waals surface area contributed by atoms with Gasteiger partial charge in [0.2, 0.25) is 0 Å². The normalized spacial score (nSPS) is 10.3. The number of ether oxygens (including phenoxy) is 2. The fourth-order valence-electron chi connectivity index (χ4n) is 2.46. The number of carbonyl (C=O) groups excluding carboxylic acids is 1. The Morgan fingerprint density at radius 2 is 1.84 bits per heavy atom. The van der Waals surface area contributed by atoms with Crippen molar-refractivity contribution >= 4 is 5.91 Å². The van der Waals surface area contributed by atoms with Crippen molar-refractivity contribution in [1.29, 1.82) is 0 Å². The van der Waals surface area contributed by atoms with Crippen LogP contribution in [0.2, 0.25) is 0 Å². The highest BCUT2D eigenvalue weighted by molar-refractivity contribution is 5.97. The molecule has 25 heavy (non-hydrogen) atoms. The highest BCUT2D eigenvalue weighted by atomic mass is 16.5. The van der Waals surface area contributed by atoms with E-state index in [1.807, 2.05) is 42.5 Å². The topological polar surface area (TPSA) is 73.6 Å². The standard InChI is InChI=1S/C19H18N2O4/c1-23-15-9-8-13(10-16(15)24-2)11-20-19(22)17-18(25-12-21-17)14-6-4-3-5-7-14/h3-10,12H,11H2,1-2H3,(H,20,22). The van der Waals surface area contributed by atoms with E-state index in [2.05, 4.69) is 10.3 Å². The Bertz CT molecular complexity index is 859. The van der Waals surface area contributed by atoms with Crippen LogP contribution in [0.3, 0.4) is 0 Å². The van der Waals surface area contributed by atoms with Crippen molar-refractivity contribution in [2.24, 2.45) is 0 Å². The van der Waals surface area contributed by atoms with Gasteiger partial charge < -0.3 is 19.2 Å². The van der Waals surface area contributed by atoms with Gasteiger partial charge in [0.1, 0.15) is 0 Å². The molecular weight excluding hydrogens is 320 g/mol. The van der Waals surface area contributed by atoms with E-state index in [1.165, 1.54) is 6.39 Å². The number of hydrogen-bond acceptors (Lipinski definition) is 5. The molecular formula is C19H18N2O4. The maximum absolute atomic E-state index is 12.5. The minimum absolute atomic E-state index is 0.256. The summed E-state index contributed by atoms with van der Waals surface area (Å²) in [5.41, 5.74) is 1.94. The van der Waals surface area contributed by atoms with Crippen molar-refractivity contribution in [3.63, 3.8) is 0 Å². The van der Waals surface area contributed by atoms with Crippen LogP contribution in [-0.2, 0) is 6.54 Å². The molecule has 0 atom stereocenters. The highest BCUT2D eigenvalue weighted by Crippen LogP contribution is 2.27. The predicted molar refractivity (Wildman–Crippen MR) is 92.7 cm³/mol. The number of benzene rings is 2. The first kappa shape index (κ1) is 16.6. The molecule has 0 aliphatic heterocycles. The van der Waals surface area contributed by atoms with Gasteiger partial charge in [-0.05, 0) is 17.7 Å². The summed E-state index contributed by atoms with van der Waals surface area (Å²) in [6.07, 6.45) is 1.27. The van der Waals surface area contributed by atoms with Crippen LogP contribution in [0, 0.1) is 0 Å². The molecule has 0 saturated carbocycles. The third-order valence-electron chi connectivity index (χ3n) is 3.72. The molecule has 0 saturated heterocycles. The smallest absolute Gasteiger partial charge is 0.274 e. The number of nitrogens with zero attached hydrogens (tertiary/aromatic N) is 1. The number of nitrogens with one attached hydrogen (secondary N) is 1. The second-order valence-corrected chi connectivity index (χ2v) is 5.27. The number of rotatable bonds is 6. The average molecular weight is 338 g/mol. The van der Waals surface area contributed by atoms with Gasteiger partial charge in [-0.25, -0.2) is 4.98 Å². The molecule has 1 aromatic heterocycles. The Balaban J connectivity index is 1.73. The quantitative estimate of drug-likeness (QED) is 0.746. The lowest BCUT2D eigenvalue weighted by Crippen LogP contribution is -2.23. The van der Waals surface area contributed by atoms with Gasteiger partial charge in [-0.1, -0.05) is 36.4 Å². The zero-order valence-corrected chi connectivity index (χ0v) is 14.0. The zero-order valence-electron chi connectivity index (χ0n) is 14.0. The summed E-state index contributed by atoms with van der Waals surface area (Å²) < 4.78 is 15.9. The van der Waals surface area contributed by atoms with E-state index in [4.69, 9.17) is 13.9 Å². The van der Waals surface area contributed by atoms with E-state index in [0.29, 0.717) is 23.8 Å². The molecule has 0 spiro atoms. The monoisotopic (exact) mass is 338 g/mol. The number of amides is 1. The van der Waals surface area contributed by atoms with Crippen LogP contribution in [0.25, 0.3) is 11.3 Å². The molecule has 128 valence electrons. The molecule has 3 rings (SSSR count). The van der Waals surface area contributed by atoms with Crippen LogP contribution in [0.4, 0.5) is 0 Å². The van der Waals surface area contributed by atoms with Crippen molar-refractivity contribution in [2.75, 3.05) is 14.2 Å². The molecule has 1 N–H and O–H groups in total. The molecule has 0 fully saturated rings. The molecule has 0 aliphatic rings. The molecule has 1 amide bonds. The molecule has 1 heterocycles. The second-order valence-electron chi connectivity index (χ2n) is 5.27. The lowest BCUT2D eigenvalue weighted by molar-refractivity contribution is 0.0946. The van der Waals surface area contributed by atoms with Crippen LogP contribution < -0.4 is 14.8 Å². The SMILES string of the molecule is COc1ccc(CNC(=O)c2ncoc2-c2ccccc2)cc1OC. The predicted octanol–water partition coefficient (Wildman–Crippen LogP) is 3.29. The van der Waals surface area contributed by atoms with Crippen LogP contribution in [-0.4, -0.2) is 25.1 Å². The van der Waals surface area contributed by atoms with Crippen molar-refractivity contribution in [3.8, 4) is 22.8 Å². The minimum Gasteiger partial charge on any atom is -0.493 e. The van der Waals surface area contributed by atoms with Gasteiger partial charge in [-0.3, -0.25) is 4.79 Å². The van der Waals surface area contributed by atoms with E-state index in [-0.39, 0.29) is 11.6 Å². The maximum Gasteiger partial charge on any atom is 0.274 e. The van der Waals surface area contributed by atoms with E-state index < -0.39 is 0 Å². The molecule has 3 aromatic rings. The Labute approximate surface area is 145 Å². The maximum atomic E-state index is 12.5. The van der Waals surface area contributed by atoms with Gasteiger partial charge in [0.05, 0.1) is 14.2 Å². The first-order chi connectivity index (χ1) is 12.2. The lowest BCUT2D eigenvalue weighted by Gasteiger charge is -2.10. The van der Waals surface area contributed by atoms with Crippen LogP contribution in [0.5, 0.6) is 11.5 Å². The number of hydrogen-bond donors (Lipinski definition) is 1. The highest BCUT2D eigenvalue weighted by Gasteiger charge is 2.18. The summed E-state index contributed by atoms with van der Waals surface area (Å²) in [7, 11) is 3.15. The van der Waals surface area contributed by atoms with E-state index >= 15 is 0 Å². The molecule has 0 radical (unpaired) electrons. The summed E-state index contributed by atoms with van der Waals surface area (Å²) in [5.74, 6) is 1.40. The third kappa shape index (κ3) is 3.63. The van der Waals surface area contributed by atoms with Gasteiger partial charge in [0, 0.05) is 12.1 Å². The largest absolute Gasteiger partial charge is 0.493 e. The molecule has 6 nitrogen and oxygen atoms in total. The van der Waals surface area contributed by atoms with Gasteiger partial charge >= 0.3 is 0 Å². The van der Waals surface area contributed by atoms with E-state index in [1.54, 1.807) is 20.3 Å². The summed E-state index contributed by atoms with van der Waals surface area (Å²) >= 11 is 0. The molecule has 2 aromatic carbocycles. The van der Waals surface area contributed by atoms with Crippen molar-refractivity contribution in [2.45, 2.75) is 6.54 Å². The van der Waals surface area contributed by atoms with Crippen molar-refractivity contribution in [1.82, 2.24) is 10.3 Å². The molecule has 0 unspecified atom stereocenters. The summed E-state index contributed by atoms with van der Waals surface area (Å²) in [6, 6.07) is 14.9. The van der Waals surface area contributed by atoms with E-state index in [9.17, 15) is 4.79 Å². The average Bonchev–Trinajstić information content (AvgIpc) is 3.16. The van der Waals surface area contributed by atoms with Gasteiger partial charge in [-0.2, -0.15) is 0 Å².